The van der Waals surface area contributed by atoms with Crippen LogP contribution in [0, 0.1) is 0 Å². The molecule has 0 unspecified atom stereocenters. The van der Waals surface area contributed by atoms with E-state index in [-0.39, 0.29) is 5.78 Å². The van der Waals surface area contributed by atoms with Crippen molar-refractivity contribution in [2.24, 2.45) is 4.99 Å². The fourth-order valence-electron chi connectivity index (χ4n) is 4.45. The molecule has 0 spiro atoms. The van der Waals surface area contributed by atoms with E-state index in [1.807, 2.05) is 50.5 Å². The van der Waals surface area contributed by atoms with E-state index in [1.165, 1.54) is 11.3 Å². The standard InChI is InChI=1S/C29H27N7O2S/c1-17(37)25-6-7-26(39-25)27-20-13-24(34-22(20)8-9-31-27)28-29-23(32-16-33-28)5-4-21(35-29)18-12-19(15-30-14-18)38-11-10-36(2)3/h4-9,12-15,32,34H,10-11,16H2,1-3H3. The molecule has 1 aliphatic rings. The Hall–Kier alpha value is -4.41. The van der Waals surface area contributed by atoms with E-state index in [1.54, 1.807) is 25.5 Å². The molecule has 0 fully saturated rings. The highest BCUT2D eigenvalue weighted by Gasteiger charge is 2.22. The van der Waals surface area contributed by atoms with Crippen LogP contribution in [0.1, 0.15) is 28.0 Å². The Bertz CT molecular complexity index is 1720. The number of hydrogen-bond acceptors (Lipinski definition) is 9. The predicted octanol–water partition coefficient (Wildman–Crippen LogP) is 5.11. The van der Waals surface area contributed by atoms with Crippen molar-refractivity contribution in [3.8, 4) is 27.6 Å². The molecule has 2 N–H and O–H groups in total. The van der Waals surface area contributed by atoms with E-state index < -0.39 is 0 Å². The SMILES string of the molecule is CC(=O)c1ccc(-c2nccc3[nH]c(C4=NCNc5ccc(-c6cncc(OCCN(C)C)c6)nc54)cc23)s1. The van der Waals surface area contributed by atoms with Crippen molar-refractivity contribution >= 4 is 39.4 Å². The van der Waals surface area contributed by atoms with Gasteiger partial charge in [0.15, 0.2) is 5.78 Å². The third-order valence-electron chi connectivity index (χ3n) is 6.43. The molecular weight excluding hydrogens is 510 g/mol. The Morgan fingerprint density at radius 2 is 2.00 bits per heavy atom. The van der Waals surface area contributed by atoms with E-state index in [9.17, 15) is 4.79 Å². The van der Waals surface area contributed by atoms with Gasteiger partial charge in [-0.1, -0.05) is 0 Å². The molecule has 196 valence electrons. The van der Waals surface area contributed by atoms with E-state index in [0.717, 1.165) is 66.9 Å². The molecule has 9 nitrogen and oxygen atoms in total. The lowest BCUT2D eigenvalue weighted by Gasteiger charge is -2.18. The van der Waals surface area contributed by atoms with Crippen LogP contribution in [0.3, 0.4) is 0 Å². The summed E-state index contributed by atoms with van der Waals surface area (Å²) in [5, 5.41) is 4.29. The zero-order valence-electron chi connectivity index (χ0n) is 21.9. The monoisotopic (exact) mass is 537 g/mol. The molecule has 0 bridgehead atoms. The summed E-state index contributed by atoms with van der Waals surface area (Å²) in [5.41, 5.74) is 6.73. The van der Waals surface area contributed by atoms with Crippen molar-refractivity contribution < 1.29 is 9.53 Å². The lowest BCUT2D eigenvalue weighted by Crippen LogP contribution is -2.19. The van der Waals surface area contributed by atoms with E-state index in [0.29, 0.717) is 19.0 Å². The van der Waals surface area contributed by atoms with Crippen LogP contribution >= 0.6 is 11.3 Å². The number of pyridine rings is 3. The average molecular weight is 538 g/mol. The first-order valence-corrected chi connectivity index (χ1v) is 13.4. The van der Waals surface area contributed by atoms with Gasteiger partial charge in [-0.3, -0.25) is 19.8 Å². The van der Waals surface area contributed by atoms with Gasteiger partial charge in [-0.05, 0) is 63.5 Å². The van der Waals surface area contributed by atoms with E-state index in [2.05, 4.69) is 31.2 Å². The van der Waals surface area contributed by atoms with Crippen molar-refractivity contribution in [3.63, 3.8) is 0 Å². The van der Waals surface area contributed by atoms with Gasteiger partial charge in [0.1, 0.15) is 30.4 Å². The van der Waals surface area contributed by atoms with Crippen molar-refractivity contribution in [2.75, 3.05) is 39.2 Å². The number of nitrogens with zero attached hydrogens (tertiary/aromatic N) is 5. The minimum absolute atomic E-state index is 0.0524. The molecule has 0 saturated carbocycles. The normalized spacial score (nSPS) is 12.8. The summed E-state index contributed by atoms with van der Waals surface area (Å²) in [6.45, 7) is 3.43. The van der Waals surface area contributed by atoms with Crippen LogP contribution in [0.2, 0.25) is 0 Å². The van der Waals surface area contributed by atoms with Gasteiger partial charge >= 0.3 is 0 Å². The number of fused-ring (bicyclic) bond motifs is 2. The fraction of sp³-hybridized carbons (Fsp3) is 0.207. The highest BCUT2D eigenvalue weighted by molar-refractivity contribution is 7.17. The molecule has 0 saturated heterocycles. The lowest BCUT2D eigenvalue weighted by atomic mass is 10.1. The lowest BCUT2D eigenvalue weighted by molar-refractivity contribution is 0.102. The summed E-state index contributed by atoms with van der Waals surface area (Å²) in [6, 6.07) is 13.8. The molecule has 0 amide bonds. The van der Waals surface area contributed by atoms with Gasteiger partial charge in [-0.15, -0.1) is 11.3 Å². The van der Waals surface area contributed by atoms with E-state index in [4.69, 9.17) is 14.7 Å². The van der Waals surface area contributed by atoms with Gasteiger partial charge in [-0.25, -0.2) is 4.98 Å². The van der Waals surface area contributed by atoms with Crippen molar-refractivity contribution in [1.29, 1.82) is 0 Å². The van der Waals surface area contributed by atoms with Crippen LogP contribution in [-0.4, -0.2) is 70.2 Å². The number of Topliss-reactive ketones (excluding diaryl/α,β-unsaturated/α-hetero) is 1. The van der Waals surface area contributed by atoms with E-state index >= 15 is 0 Å². The highest BCUT2D eigenvalue weighted by Crippen LogP contribution is 2.34. The Balaban J connectivity index is 1.35. The number of carbonyl (C=O) groups excluding carboxylic acids is 1. The quantitative estimate of drug-likeness (QED) is 0.265. The Morgan fingerprint density at radius 1 is 1.10 bits per heavy atom. The van der Waals surface area contributed by atoms with Crippen molar-refractivity contribution in [1.82, 2.24) is 24.8 Å². The number of ketones is 1. The van der Waals surface area contributed by atoms with Crippen LogP contribution in [0.4, 0.5) is 5.69 Å². The Morgan fingerprint density at radius 3 is 2.82 bits per heavy atom. The van der Waals surface area contributed by atoms with Crippen molar-refractivity contribution in [2.45, 2.75) is 6.92 Å². The molecule has 6 heterocycles. The fourth-order valence-corrected chi connectivity index (χ4v) is 5.36. The van der Waals surface area contributed by atoms with Crippen LogP contribution < -0.4 is 10.1 Å². The second-order valence-corrected chi connectivity index (χ2v) is 10.6. The average Bonchev–Trinajstić information content (AvgIpc) is 3.60. The molecule has 0 radical (unpaired) electrons. The Kier molecular flexibility index (Phi) is 6.64. The largest absolute Gasteiger partial charge is 0.491 e. The number of hydrogen-bond donors (Lipinski definition) is 2. The number of carbonyl (C=O) groups is 1. The number of H-pyrrole nitrogens is 1. The topological polar surface area (TPSA) is 108 Å². The molecule has 5 aromatic heterocycles. The molecule has 10 heteroatoms. The summed E-state index contributed by atoms with van der Waals surface area (Å²) >= 11 is 1.45. The highest BCUT2D eigenvalue weighted by atomic mass is 32.1. The zero-order chi connectivity index (χ0) is 26.9. The summed E-state index contributed by atoms with van der Waals surface area (Å²) in [7, 11) is 4.03. The molecule has 0 atom stereocenters. The molecule has 0 aromatic carbocycles. The number of anilines is 1. The first-order valence-electron chi connectivity index (χ1n) is 12.6. The Labute approximate surface area is 229 Å². The first-order chi connectivity index (χ1) is 19.0. The van der Waals surface area contributed by atoms with Gasteiger partial charge in [0.25, 0.3) is 0 Å². The number of likely N-dealkylation sites (N-methyl/N-ethyl adjacent to an activating group) is 1. The van der Waals surface area contributed by atoms with Gasteiger partial charge in [0.05, 0.1) is 38.7 Å². The third-order valence-corrected chi connectivity index (χ3v) is 7.62. The number of aliphatic imine (C=N–C) groups is 1. The maximum absolute atomic E-state index is 11.8. The van der Waals surface area contributed by atoms with Gasteiger partial charge in [0.2, 0.25) is 0 Å². The summed E-state index contributed by atoms with van der Waals surface area (Å²) < 4.78 is 5.88. The maximum atomic E-state index is 11.8. The number of aromatic amines is 1. The molecule has 5 aromatic rings. The van der Waals surface area contributed by atoms with Gasteiger partial charge in [0, 0.05) is 35.4 Å². The van der Waals surface area contributed by atoms with Crippen LogP contribution in [-0.2, 0) is 0 Å². The number of thiophene rings is 1. The molecule has 6 rings (SSSR count). The summed E-state index contributed by atoms with van der Waals surface area (Å²) in [4.78, 5) is 37.9. The first kappa shape index (κ1) is 24.9. The smallest absolute Gasteiger partial charge is 0.169 e. The summed E-state index contributed by atoms with van der Waals surface area (Å²) in [6.07, 6.45) is 5.28. The predicted molar refractivity (Wildman–Crippen MR) is 155 cm³/mol. The molecule has 39 heavy (non-hydrogen) atoms. The summed E-state index contributed by atoms with van der Waals surface area (Å²) in [5.74, 6) is 0.759. The molecule has 1 aliphatic heterocycles. The van der Waals surface area contributed by atoms with Gasteiger partial charge in [-0.2, -0.15) is 0 Å². The second-order valence-electron chi connectivity index (χ2n) is 9.52. The number of nitrogens with one attached hydrogen (secondary N) is 2. The van der Waals surface area contributed by atoms with Crippen LogP contribution in [0.5, 0.6) is 5.75 Å². The zero-order valence-corrected chi connectivity index (χ0v) is 22.7. The van der Waals surface area contributed by atoms with Crippen molar-refractivity contribution in [3.05, 3.63) is 77.3 Å². The van der Waals surface area contributed by atoms with Crippen LogP contribution in [0.25, 0.3) is 32.7 Å². The minimum Gasteiger partial charge on any atom is -0.491 e. The minimum atomic E-state index is 0.0524. The third kappa shape index (κ3) is 5.04. The number of ether oxygens (including phenoxy) is 1. The number of rotatable bonds is 8. The maximum Gasteiger partial charge on any atom is 0.169 e. The van der Waals surface area contributed by atoms with Gasteiger partial charge < -0.3 is 19.9 Å². The molecular formula is C29H27N7O2S. The second kappa shape index (κ2) is 10.4. The van der Waals surface area contributed by atoms with Crippen LogP contribution in [0.15, 0.2) is 66.0 Å². The molecule has 0 aliphatic carbocycles. The number of aromatic nitrogens is 4.